The second-order valence-electron chi connectivity index (χ2n) is 0.977. The molecule has 0 heterocycles. The standard InChI is InChI=1S/C3H9N3S/c1-2-6-3(4)7-5/h2,5H2,1H3,(H2,4,6). The van der Waals surface area contributed by atoms with Crippen LogP contribution in [0.5, 0.6) is 0 Å². The van der Waals surface area contributed by atoms with Crippen molar-refractivity contribution < 1.29 is 0 Å². The Kier molecular flexibility index (Phi) is 3.83. The quantitative estimate of drug-likeness (QED) is 0.261. The maximum atomic E-state index is 6.86. The topological polar surface area (TPSA) is 61.9 Å². The molecule has 0 amide bonds. The Balaban J connectivity index is 3.00. The normalized spacial score (nSPS) is 8.29. The lowest BCUT2D eigenvalue weighted by Crippen LogP contribution is -2.19. The number of hydrogen-bond acceptors (Lipinski definition) is 3. The van der Waals surface area contributed by atoms with Crippen LogP contribution in [0, 0.1) is 5.41 Å². The summed E-state index contributed by atoms with van der Waals surface area (Å²) in [7, 11) is 0. The average molecular weight is 119 g/mol. The van der Waals surface area contributed by atoms with Crippen LogP contribution in [0.4, 0.5) is 0 Å². The third-order valence-electron chi connectivity index (χ3n) is 0.455. The van der Waals surface area contributed by atoms with Crippen molar-refractivity contribution >= 4 is 17.1 Å². The highest BCUT2D eigenvalue weighted by Crippen LogP contribution is 1.81. The molecule has 0 fully saturated rings. The Labute approximate surface area is 47.3 Å². The second kappa shape index (κ2) is 3.95. The first kappa shape index (κ1) is 6.78. The lowest BCUT2D eigenvalue weighted by Gasteiger charge is -1.96. The third-order valence-corrected chi connectivity index (χ3v) is 0.835. The van der Waals surface area contributed by atoms with Crippen molar-refractivity contribution in [2.75, 3.05) is 6.54 Å². The summed E-state index contributed by atoms with van der Waals surface area (Å²) in [4.78, 5) is 0. The number of amidine groups is 1. The summed E-state index contributed by atoms with van der Waals surface area (Å²) in [5.74, 6) is 0. The van der Waals surface area contributed by atoms with Crippen LogP contribution in [-0.4, -0.2) is 11.7 Å². The first-order valence-corrected chi connectivity index (χ1v) is 2.88. The van der Waals surface area contributed by atoms with Crippen molar-refractivity contribution in [2.24, 2.45) is 5.14 Å². The SMILES string of the molecule is CCNC(=N)SN. The fourth-order valence-electron chi connectivity index (χ4n) is 0.202. The van der Waals surface area contributed by atoms with E-state index in [0.717, 1.165) is 18.5 Å². The van der Waals surface area contributed by atoms with Gasteiger partial charge in [-0.3, -0.25) is 10.5 Å². The van der Waals surface area contributed by atoms with Gasteiger partial charge in [-0.05, 0) is 18.9 Å². The summed E-state index contributed by atoms with van der Waals surface area (Å²) in [6.07, 6.45) is 0. The highest BCUT2D eigenvalue weighted by atomic mass is 32.2. The lowest BCUT2D eigenvalue weighted by molar-refractivity contribution is 0.975. The molecule has 4 N–H and O–H groups in total. The summed E-state index contributed by atoms with van der Waals surface area (Å²) in [6.45, 7) is 2.69. The molecule has 0 aromatic rings. The van der Waals surface area contributed by atoms with Crippen LogP contribution in [0.1, 0.15) is 6.92 Å². The van der Waals surface area contributed by atoms with Gasteiger partial charge in [-0.2, -0.15) is 0 Å². The summed E-state index contributed by atoms with van der Waals surface area (Å²) in [5, 5.41) is 14.9. The van der Waals surface area contributed by atoms with Gasteiger partial charge in [0.25, 0.3) is 0 Å². The van der Waals surface area contributed by atoms with Gasteiger partial charge in [0.1, 0.15) is 0 Å². The van der Waals surface area contributed by atoms with Gasteiger partial charge in [0, 0.05) is 6.54 Å². The van der Waals surface area contributed by atoms with Crippen molar-refractivity contribution in [3.63, 3.8) is 0 Å². The van der Waals surface area contributed by atoms with Crippen LogP contribution in [0.2, 0.25) is 0 Å². The number of rotatable bonds is 1. The molecule has 0 atom stereocenters. The second-order valence-corrected chi connectivity index (χ2v) is 1.62. The number of hydrogen-bond donors (Lipinski definition) is 3. The molecular formula is C3H9N3S. The molecule has 0 saturated heterocycles. The van der Waals surface area contributed by atoms with E-state index in [2.05, 4.69) is 5.32 Å². The molecule has 0 saturated carbocycles. The number of nitrogens with two attached hydrogens (primary N) is 1. The van der Waals surface area contributed by atoms with E-state index < -0.39 is 0 Å². The van der Waals surface area contributed by atoms with Gasteiger partial charge in [0.2, 0.25) is 0 Å². The average Bonchev–Trinajstić information content (AvgIpc) is 1.68. The molecular weight excluding hydrogens is 110 g/mol. The molecule has 42 valence electrons. The van der Waals surface area contributed by atoms with Crippen LogP contribution in [-0.2, 0) is 0 Å². The highest BCUT2D eigenvalue weighted by Gasteiger charge is 1.84. The first-order chi connectivity index (χ1) is 3.31. The Bertz CT molecular complexity index is 63.2. The maximum absolute atomic E-state index is 6.86. The molecule has 0 spiro atoms. The minimum Gasteiger partial charge on any atom is -0.364 e. The summed E-state index contributed by atoms with van der Waals surface area (Å²) in [5.41, 5.74) is 0. The molecule has 0 unspecified atom stereocenters. The summed E-state index contributed by atoms with van der Waals surface area (Å²) in [6, 6.07) is 0. The van der Waals surface area contributed by atoms with Crippen LogP contribution < -0.4 is 10.5 Å². The van der Waals surface area contributed by atoms with Crippen molar-refractivity contribution in [3.8, 4) is 0 Å². The molecule has 3 nitrogen and oxygen atoms in total. The van der Waals surface area contributed by atoms with Crippen molar-refractivity contribution in [1.82, 2.24) is 5.32 Å². The van der Waals surface area contributed by atoms with Crippen LogP contribution in [0.3, 0.4) is 0 Å². The van der Waals surface area contributed by atoms with Gasteiger partial charge >= 0.3 is 0 Å². The highest BCUT2D eigenvalue weighted by molar-refractivity contribution is 8.11. The van der Waals surface area contributed by atoms with Gasteiger partial charge in [-0.1, -0.05) is 0 Å². The third kappa shape index (κ3) is 3.61. The van der Waals surface area contributed by atoms with E-state index >= 15 is 0 Å². The van der Waals surface area contributed by atoms with Gasteiger partial charge in [0.05, 0.1) is 0 Å². The Morgan fingerprint density at radius 2 is 2.57 bits per heavy atom. The van der Waals surface area contributed by atoms with E-state index in [-0.39, 0.29) is 0 Å². The van der Waals surface area contributed by atoms with Crippen molar-refractivity contribution in [3.05, 3.63) is 0 Å². The Morgan fingerprint density at radius 1 is 2.00 bits per heavy atom. The van der Waals surface area contributed by atoms with Crippen LogP contribution in [0.15, 0.2) is 0 Å². The molecule has 4 heteroatoms. The van der Waals surface area contributed by atoms with Crippen LogP contribution >= 0.6 is 11.9 Å². The van der Waals surface area contributed by atoms with E-state index in [9.17, 15) is 0 Å². The fourth-order valence-corrected chi connectivity index (χ4v) is 0.430. The van der Waals surface area contributed by atoms with Gasteiger partial charge < -0.3 is 5.32 Å². The van der Waals surface area contributed by atoms with E-state index in [1.54, 1.807) is 0 Å². The predicted molar refractivity (Wildman–Crippen MR) is 33.2 cm³/mol. The molecule has 0 radical (unpaired) electrons. The Hall–Kier alpha value is -0.220. The zero-order chi connectivity index (χ0) is 5.70. The molecule has 0 aliphatic rings. The Morgan fingerprint density at radius 3 is 2.71 bits per heavy atom. The zero-order valence-electron chi connectivity index (χ0n) is 4.19. The molecule has 0 aliphatic heterocycles. The minimum atomic E-state index is 0.322. The molecule has 0 rings (SSSR count). The number of nitrogens with one attached hydrogen (secondary N) is 2. The fraction of sp³-hybridized carbons (Fsp3) is 0.667. The smallest absolute Gasteiger partial charge is 0.168 e. The van der Waals surface area contributed by atoms with E-state index in [1.165, 1.54) is 0 Å². The van der Waals surface area contributed by atoms with E-state index in [0.29, 0.717) is 5.17 Å². The van der Waals surface area contributed by atoms with Gasteiger partial charge in [-0.25, -0.2) is 0 Å². The molecule has 0 aromatic heterocycles. The minimum absolute atomic E-state index is 0.322. The van der Waals surface area contributed by atoms with Crippen LogP contribution in [0.25, 0.3) is 0 Å². The van der Waals surface area contributed by atoms with Gasteiger partial charge in [0.15, 0.2) is 5.17 Å². The first-order valence-electron chi connectivity index (χ1n) is 2.00. The lowest BCUT2D eigenvalue weighted by atomic mass is 10.8. The molecule has 0 aromatic carbocycles. The van der Waals surface area contributed by atoms with Gasteiger partial charge in [-0.15, -0.1) is 0 Å². The van der Waals surface area contributed by atoms with Crippen molar-refractivity contribution in [1.29, 1.82) is 5.41 Å². The summed E-state index contributed by atoms with van der Waals surface area (Å²) >= 11 is 0.922. The predicted octanol–water partition coefficient (Wildman–Crippen LogP) is 0.138. The molecule has 7 heavy (non-hydrogen) atoms. The van der Waals surface area contributed by atoms with Crippen molar-refractivity contribution in [2.45, 2.75) is 6.92 Å². The molecule has 0 bridgehead atoms. The maximum Gasteiger partial charge on any atom is 0.168 e. The molecule has 0 aliphatic carbocycles. The van der Waals surface area contributed by atoms with E-state index in [4.69, 9.17) is 10.5 Å². The largest absolute Gasteiger partial charge is 0.364 e. The van der Waals surface area contributed by atoms with E-state index in [1.807, 2.05) is 6.92 Å². The monoisotopic (exact) mass is 119 g/mol. The summed E-state index contributed by atoms with van der Waals surface area (Å²) < 4.78 is 0. The zero-order valence-corrected chi connectivity index (χ0v) is 5.01.